The maximum atomic E-state index is 12.6. The van der Waals surface area contributed by atoms with Crippen molar-refractivity contribution in [2.45, 2.75) is 32.3 Å². The number of carbonyl (C=O) groups excluding carboxylic acids is 1. The number of pyridine rings is 1. The van der Waals surface area contributed by atoms with E-state index in [0.717, 1.165) is 28.2 Å². The van der Waals surface area contributed by atoms with E-state index >= 15 is 0 Å². The first-order valence-electron chi connectivity index (χ1n) is 9.57. The van der Waals surface area contributed by atoms with Gasteiger partial charge in [-0.05, 0) is 77.5 Å². The Kier molecular flexibility index (Phi) is 4.47. The quantitative estimate of drug-likeness (QED) is 0.474. The second kappa shape index (κ2) is 7.15. The van der Waals surface area contributed by atoms with Gasteiger partial charge in [0, 0.05) is 33.3 Å². The highest BCUT2D eigenvalue weighted by atomic mass is 79.9. The molecule has 0 saturated heterocycles. The molecule has 29 heavy (non-hydrogen) atoms. The molecule has 146 valence electrons. The molecule has 0 saturated carbocycles. The van der Waals surface area contributed by atoms with Gasteiger partial charge in [-0.15, -0.1) is 0 Å². The van der Waals surface area contributed by atoms with Gasteiger partial charge in [-0.25, -0.2) is 9.78 Å². The van der Waals surface area contributed by atoms with E-state index in [2.05, 4.69) is 25.9 Å². The van der Waals surface area contributed by atoms with Crippen LogP contribution in [0, 0.1) is 0 Å². The summed E-state index contributed by atoms with van der Waals surface area (Å²) in [6.07, 6.45) is 6.13. The van der Waals surface area contributed by atoms with Crippen molar-refractivity contribution in [3.63, 3.8) is 0 Å². The molecular formula is C22H18BrN3O3. The van der Waals surface area contributed by atoms with Crippen LogP contribution in [0.5, 0.6) is 0 Å². The van der Waals surface area contributed by atoms with Crippen molar-refractivity contribution in [2.75, 3.05) is 0 Å². The van der Waals surface area contributed by atoms with Gasteiger partial charge in [0.25, 0.3) is 5.56 Å². The normalized spacial score (nSPS) is 13.6. The van der Waals surface area contributed by atoms with Gasteiger partial charge >= 0.3 is 5.97 Å². The van der Waals surface area contributed by atoms with Crippen LogP contribution < -0.4 is 5.56 Å². The number of fused-ring (bicyclic) bond motifs is 4. The molecule has 0 amide bonds. The minimum absolute atomic E-state index is 0.0517. The van der Waals surface area contributed by atoms with E-state index in [4.69, 9.17) is 4.74 Å². The van der Waals surface area contributed by atoms with Gasteiger partial charge in [-0.1, -0.05) is 0 Å². The van der Waals surface area contributed by atoms with Crippen LogP contribution in [0.25, 0.3) is 16.6 Å². The number of H-pyrrole nitrogens is 1. The molecule has 0 aliphatic heterocycles. The largest absolute Gasteiger partial charge is 0.456 e. The predicted octanol–water partition coefficient (Wildman–Crippen LogP) is 4.17. The molecule has 0 atom stereocenters. The van der Waals surface area contributed by atoms with Crippen molar-refractivity contribution in [2.24, 2.45) is 0 Å². The number of benzene rings is 1. The minimum Gasteiger partial charge on any atom is -0.456 e. The lowest BCUT2D eigenvalue weighted by Crippen LogP contribution is -2.16. The molecule has 6 nitrogen and oxygen atoms in total. The summed E-state index contributed by atoms with van der Waals surface area (Å²) in [6, 6.07) is 10.5. The summed E-state index contributed by atoms with van der Waals surface area (Å²) in [6.45, 7) is -0.0517. The number of carbonyl (C=O) groups is 1. The fourth-order valence-corrected chi connectivity index (χ4v) is 4.29. The van der Waals surface area contributed by atoms with Crippen molar-refractivity contribution in [3.05, 3.63) is 79.9 Å². The number of halogens is 1. The number of hydrogen-bond donors (Lipinski definition) is 1. The zero-order chi connectivity index (χ0) is 20.0. The van der Waals surface area contributed by atoms with E-state index in [1.54, 1.807) is 18.3 Å². The lowest BCUT2D eigenvalue weighted by atomic mass is 9.95. The molecule has 0 radical (unpaired) electrons. The molecule has 5 rings (SSSR count). The summed E-state index contributed by atoms with van der Waals surface area (Å²) >= 11 is 3.34. The van der Waals surface area contributed by atoms with Crippen molar-refractivity contribution in [1.82, 2.24) is 14.4 Å². The van der Waals surface area contributed by atoms with Gasteiger partial charge in [-0.3, -0.25) is 9.20 Å². The highest BCUT2D eigenvalue weighted by molar-refractivity contribution is 9.10. The monoisotopic (exact) mass is 451 g/mol. The lowest BCUT2D eigenvalue weighted by molar-refractivity contribution is 0.0468. The maximum Gasteiger partial charge on any atom is 0.338 e. The van der Waals surface area contributed by atoms with E-state index in [1.165, 1.54) is 34.6 Å². The molecule has 4 aromatic rings. The van der Waals surface area contributed by atoms with E-state index in [1.807, 2.05) is 18.2 Å². The Morgan fingerprint density at radius 1 is 1.17 bits per heavy atom. The fourth-order valence-electron chi connectivity index (χ4n) is 3.96. The van der Waals surface area contributed by atoms with Crippen molar-refractivity contribution >= 4 is 38.4 Å². The molecule has 7 heteroatoms. The second-order valence-electron chi connectivity index (χ2n) is 7.29. The number of rotatable bonds is 3. The van der Waals surface area contributed by atoms with Crippen LogP contribution in [0.3, 0.4) is 0 Å². The van der Waals surface area contributed by atoms with Crippen LogP contribution in [-0.4, -0.2) is 20.3 Å². The van der Waals surface area contributed by atoms with Crippen LogP contribution in [0.4, 0.5) is 0 Å². The lowest BCUT2D eigenvalue weighted by Gasteiger charge is -2.10. The number of hydrogen-bond acceptors (Lipinski definition) is 4. The summed E-state index contributed by atoms with van der Waals surface area (Å²) in [5.41, 5.74) is 4.87. The Morgan fingerprint density at radius 2 is 2.03 bits per heavy atom. The van der Waals surface area contributed by atoms with E-state index in [0.29, 0.717) is 16.9 Å². The van der Waals surface area contributed by atoms with Gasteiger partial charge in [0.15, 0.2) is 0 Å². The molecule has 1 aliphatic rings. The van der Waals surface area contributed by atoms with E-state index in [-0.39, 0.29) is 12.2 Å². The average molecular weight is 452 g/mol. The van der Waals surface area contributed by atoms with Crippen molar-refractivity contribution < 1.29 is 9.53 Å². The Hall–Kier alpha value is -2.93. The van der Waals surface area contributed by atoms with Crippen LogP contribution in [0.15, 0.2) is 51.9 Å². The first-order chi connectivity index (χ1) is 14.1. The Balaban J connectivity index is 1.38. The first kappa shape index (κ1) is 18.1. The Morgan fingerprint density at radius 3 is 2.93 bits per heavy atom. The Labute approximate surface area is 174 Å². The van der Waals surface area contributed by atoms with Crippen molar-refractivity contribution in [3.8, 4) is 0 Å². The molecule has 0 bridgehead atoms. The molecule has 3 aromatic heterocycles. The third-order valence-corrected chi connectivity index (χ3v) is 5.83. The zero-order valence-electron chi connectivity index (χ0n) is 15.6. The van der Waals surface area contributed by atoms with Crippen LogP contribution in [0.1, 0.15) is 40.2 Å². The highest BCUT2D eigenvalue weighted by Gasteiger charge is 2.17. The van der Waals surface area contributed by atoms with Crippen LogP contribution in [-0.2, 0) is 24.2 Å². The molecular weight excluding hydrogens is 434 g/mol. The summed E-state index contributed by atoms with van der Waals surface area (Å²) in [5, 5.41) is 1.10. The van der Waals surface area contributed by atoms with Crippen LogP contribution >= 0.6 is 15.9 Å². The summed E-state index contributed by atoms with van der Waals surface area (Å²) in [7, 11) is 0. The third kappa shape index (κ3) is 3.35. The minimum atomic E-state index is -0.421. The average Bonchev–Trinajstić information content (AvgIpc) is 3.10. The SMILES string of the molecule is O=C(OCc1cc(=O)n2cc(Br)ccc2n1)c1ccc2[nH]c3c(c2c1)CCCC3. The number of nitrogens with zero attached hydrogens (tertiary/aromatic N) is 2. The summed E-state index contributed by atoms with van der Waals surface area (Å²) in [4.78, 5) is 32.7. The smallest absolute Gasteiger partial charge is 0.338 e. The van der Waals surface area contributed by atoms with Gasteiger partial charge in [0.2, 0.25) is 0 Å². The molecule has 1 N–H and O–H groups in total. The number of aromatic nitrogens is 3. The van der Waals surface area contributed by atoms with Crippen LogP contribution in [0.2, 0.25) is 0 Å². The highest BCUT2D eigenvalue weighted by Crippen LogP contribution is 2.29. The molecule has 3 heterocycles. The summed E-state index contributed by atoms with van der Waals surface area (Å²) in [5.74, 6) is -0.421. The van der Waals surface area contributed by atoms with E-state index in [9.17, 15) is 9.59 Å². The van der Waals surface area contributed by atoms with Gasteiger partial charge in [0.1, 0.15) is 12.3 Å². The maximum absolute atomic E-state index is 12.6. The molecule has 1 aliphatic carbocycles. The molecule has 0 spiro atoms. The number of esters is 1. The first-order valence-corrected chi connectivity index (χ1v) is 10.4. The number of aryl methyl sites for hydroxylation is 2. The van der Waals surface area contributed by atoms with Gasteiger partial charge in [-0.2, -0.15) is 0 Å². The second-order valence-corrected chi connectivity index (χ2v) is 8.20. The molecule has 0 fully saturated rings. The predicted molar refractivity (Wildman–Crippen MR) is 113 cm³/mol. The fraction of sp³-hybridized carbons (Fsp3) is 0.227. The summed E-state index contributed by atoms with van der Waals surface area (Å²) < 4.78 is 7.67. The Bertz CT molecular complexity index is 1320. The molecule has 1 aromatic carbocycles. The topological polar surface area (TPSA) is 76.5 Å². The van der Waals surface area contributed by atoms with Crippen molar-refractivity contribution in [1.29, 1.82) is 0 Å². The zero-order valence-corrected chi connectivity index (χ0v) is 17.2. The third-order valence-electron chi connectivity index (χ3n) is 5.36. The number of nitrogens with one attached hydrogen (secondary N) is 1. The number of aromatic amines is 1. The molecule has 0 unspecified atom stereocenters. The standard InChI is InChI=1S/C22H18BrN3O3/c23-14-6-8-20-24-15(10-21(27)26(20)11-14)12-29-22(28)13-5-7-19-17(9-13)16-3-1-2-4-18(16)25-19/h5-11,25H,1-4,12H2. The number of ether oxygens (including phenoxy) is 1. The van der Waals surface area contributed by atoms with E-state index < -0.39 is 5.97 Å². The van der Waals surface area contributed by atoms with Gasteiger partial charge in [0.05, 0.1) is 11.3 Å². The van der Waals surface area contributed by atoms with Gasteiger partial charge < -0.3 is 9.72 Å².